The summed E-state index contributed by atoms with van der Waals surface area (Å²) < 4.78 is 5.79. The topological polar surface area (TPSA) is 51.1 Å². The molecule has 1 unspecified atom stereocenters. The molecule has 5 nitrogen and oxygen atoms in total. The van der Waals surface area contributed by atoms with Gasteiger partial charge >= 0.3 is 0 Å². The van der Waals surface area contributed by atoms with Gasteiger partial charge < -0.3 is 4.74 Å². The van der Waals surface area contributed by atoms with Gasteiger partial charge in [0, 0.05) is 30.9 Å². The third-order valence-corrected chi connectivity index (χ3v) is 3.89. The maximum atomic E-state index is 5.79. The second kappa shape index (κ2) is 5.73. The molecule has 1 atom stereocenters. The Kier molecular flexibility index (Phi) is 3.82. The molecule has 100 valence electrons. The van der Waals surface area contributed by atoms with Crippen LogP contribution < -0.4 is 0 Å². The summed E-state index contributed by atoms with van der Waals surface area (Å²) in [6.07, 6.45) is 5.47. The summed E-state index contributed by atoms with van der Waals surface area (Å²) in [5, 5.41) is 3.16. The second-order valence-corrected chi connectivity index (χ2v) is 5.58. The number of hydrogen-bond acceptors (Lipinski definition) is 6. The van der Waals surface area contributed by atoms with Gasteiger partial charge in [-0.25, -0.2) is 4.98 Å². The van der Waals surface area contributed by atoms with E-state index in [0.29, 0.717) is 0 Å². The number of aromatic nitrogens is 3. The number of aryl methyl sites for hydroxylation is 1. The van der Waals surface area contributed by atoms with Gasteiger partial charge in [-0.05, 0) is 6.92 Å². The number of thiazole rings is 1. The Hall–Kier alpha value is -1.37. The first kappa shape index (κ1) is 12.7. The normalized spacial score (nSPS) is 20.6. The number of rotatable bonds is 3. The van der Waals surface area contributed by atoms with Crippen molar-refractivity contribution in [2.75, 3.05) is 19.7 Å². The first-order valence-corrected chi connectivity index (χ1v) is 7.20. The Balaban J connectivity index is 1.66. The lowest BCUT2D eigenvalue weighted by molar-refractivity contribution is -0.0351. The Labute approximate surface area is 116 Å². The van der Waals surface area contributed by atoms with Gasteiger partial charge in [0.1, 0.15) is 11.1 Å². The van der Waals surface area contributed by atoms with Gasteiger partial charge in [0.05, 0.1) is 30.7 Å². The van der Waals surface area contributed by atoms with Crippen molar-refractivity contribution in [3.63, 3.8) is 0 Å². The molecule has 1 aliphatic heterocycles. The van der Waals surface area contributed by atoms with E-state index >= 15 is 0 Å². The minimum Gasteiger partial charge on any atom is -0.369 e. The molecule has 0 N–H and O–H groups in total. The van der Waals surface area contributed by atoms with Gasteiger partial charge in [0.15, 0.2) is 0 Å². The lowest BCUT2D eigenvalue weighted by Crippen LogP contribution is -2.38. The zero-order valence-electron chi connectivity index (χ0n) is 10.8. The van der Waals surface area contributed by atoms with Crippen molar-refractivity contribution >= 4 is 11.3 Å². The van der Waals surface area contributed by atoms with E-state index < -0.39 is 0 Å². The fourth-order valence-electron chi connectivity index (χ4n) is 2.12. The summed E-state index contributed by atoms with van der Waals surface area (Å²) in [4.78, 5) is 15.4. The van der Waals surface area contributed by atoms with E-state index in [1.54, 1.807) is 17.5 Å². The highest BCUT2D eigenvalue weighted by atomic mass is 32.1. The van der Waals surface area contributed by atoms with Crippen molar-refractivity contribution in [1.29, 1.82) is 0 Å². The lowest BCUT2D eigenvalue weighted by atomic mass is 10.2. The standard InChI is InChI=1S/C13H16N4OS/c1-10-6-16-11(7-15-10)12-8-17(3-4-18-12)9-13-14-2-5-19-13/h2,5-7,12H,3-4,8-9H2,1H3. The van der Waals surface area contributed by atoms with Crippen LogP contribution in [0.2, 0.25) is 0 Å². The maximum Gasteiger partial charge on any atom is 0.114 e. The molecule has 1 aliphatic rings. The van der Waals surface area contributed by atoms with Crippen LogP contribution in [0.4, 0.5) is 0 Å². The predicted molar refractivity (Wildman–Crippen MR) is 72.9 cm³/mol. The van der Waals surface area contributed by atoms with E-state index in [4.69, 9.17) is 4.74 Å². The molecule has 0 bridgehead atoms. The molecule has 0 aromatic carbocycles. The van der Waals surface area contributed by atoms with Gasteiger partial charge in [-0.1, -0.05) is 0 Å². The third-order valence-electron chi connectivity index (χ3n) is 3.12. The molecular weight excluding hydrogens is 260 g/mol. The van der Waals surface area contributed by atoms with Crippen LogP contribution in [0.1, 0.15) is 22.5 Å². The molecule has 2 aromatic rings. The number of morpholine rings is 1. The molecular formula is C13H16N4OS. The quantitative estimate of drug-likeness (QED) is 0.856. The van der Waals surface area contributed by atoms with Gasteiger partial charge in [0.25, 0.3) is 0 Å². The van der Waals surface area contributed by atoms with Gasteiger partial charge in [0.2, 0.25) is 0 Å². The Morgan fingerprint density at radius 2 is 2.32 bits per heavy atom. The zero-order chi connectivity index (χ0) is 13.1. The smallest absolute Gasteiger partial charge is 0.114 e. The van der Waals surface area contributed by atoms with E-state index in [1.165, 1.54) is 0 Å². The highest BCUT2D eigenvalue weighted by Gasteiger charge is 2.23. The van der Waals surface area contributed by atoms with Gasteiger partial charge in [-0.15, -0.1) is 11.3 Å². The molecule has 19 heavy (non-hydrogen) atoms. The largest absolute Gasteiger partial charge is 0.369 e. The highest BCUT2D eigenvalue weighted by Crippen LogP contribution is 2.21. The summed E-state index contributed by atoms with van der Waals surface area (Å²) >= 11 is 1.69. The average molecular weight is 276 g/mol. The molecule has 3 rings (SSSR count). The molecule has 1 saturated heterocycles. The van der Waals surface area contributed by atoms with Gasteiger partial charge in [-0.3, -0.25) is 14.9 Å². The Morgan fingerprint density at radius 1 is 1.37 bits per heavy atom. The summed E-state index contributed by atoms with van der Waals surface area (Å²) in [6, 6.07) is 0. The first-order chi connectivity index (χ1) is 9.31. The minimum absolute atomic E-state index is 0.0156. The van der Waals surface area contributed by atoms with E-state index in [2.05, 4.69) is 19.9 Å². The van der Waals surface area contributed by atoms with Gasteiger partial charge in [-0.2, -0.15) is 0 Å². The predicted octanol–water partition coefficient (Wildman–Crippen LogP) is 1.82. The van der Waals surface area contributed by atoms with Crippen molar-refractivity contribution in [2.24, 2.45) is 0 Å². The highest BCUT2D eigenvalue weighted by molar-refractivity contribution is 7.09. The van der Waals surface area contributed by atoms with E-state index in [-0.39, 0.29) is 6.10 Å². The molecule has 6 heteroatoms. The third kappa shape index (κ3) is 3.15. The maximum absolute atomic E-state index is 5.79. The molecule has 0 radical (unpaired) electrons. The van der Waals surface area contributed by atoms with Crippen LogP contribution in [0, 0.1) is 6.92 Å². The van der Waals surface area contributed by atoms with E-state index in [9.17, 15) is 0 Å². The molecule has 0 saturated carbocycles. The summed E-state index contributed by atoms with van der Waals surface area (Å²) in [7, 11) is 0. The van der Waals surface area contributed by atoms with Crippen molar-refractivity contribution < 1.29 is 4.74 Å². The van der Waals surface area contributed by atoms with Crippen molar-refractivity contribution in [3.8, 4) is 0 Å². The zero-order valence-corrected chi connectivity index (χ0v) is 11.6. The van der Waals surface area contributed by atoms with Crippen LogP contribution in [-0.2, 0) is 11.3 Å². The Bertz CT molecular complexity index is 514. The van der Waals surface area contributed by atoms with Crippen LogP contribution in [0.3, 0.4) is 0 Å². The van der Waals surface area contributed by atoms with Crippen LogP contribution in [0.5, 0.6) is 0 Å². The van der Waals surface area contributed by atoms with Crippen LogP contribution in [0.15, 0.2) is 24.0 Å². The molecule has 1 fully saturated rings. The Morgan fingerprint density at radius 3 is 3.05 bits per heavy atom. The minimum atomic E-state index is 0.0156. The van der Waals surface area contributed by atoms with Crippen molar-refractivity contribution in [1.82, 2.24) is 19.9 Å². The number of hydrogen-bond donors (Lipinski definition) is 0. The van der Waals surface area contributed by atoms with Crippen molar-refractivity contribution in [2.45, 2.75) is 19.6 Å². The second-order valence-electron chi connectivity index (χ2n) is 4.60. The summed E-state index contributed by atoms with van der Waals surface area (Å²) in [5.74, 6) is 0. The van der Waals surface area contributed by atoms with E-state index in [1.807, 2.05) is 24.7 Å². The van der Waals surface area contributed by atoms with Crippen LogP contribution >= 0.6 is 11.3 Å². The lowest BCUT2D eigenvalue weighted by Gasteiger charge is -2.31. The van der Waals surface area contributed by atoms with Crippen LogP contribution in [0.25, 0.3) is 0 Å². The number of ether oxygens (including phenoxy) is 1. The molecule has 0 aliphatic carbocycles. The fraction of sp³-hybridized carbons (Fsp3) is 0.462. The van der Waals surface area contributed by atoms with Crippen molar-refractivity contribution in [3.05, 3.63) is 40.4 Å². The first-order valence-electron chi connectivity index (χ1n) is 6.32. The average Bonchev–Trinajstić information content (AvgIpc) is 2.93. The molecule has 2 aromatic heterocycles. The molecule has 0 amide bonds. The monoisotopic (exact) mass is 276 g/mol. The SMILES string of the molecule is Cc1cnc(C2CN(Cc3nccs3)CCO2)cn1. The fourth-order valence-corrected chi connectivity index (χ4v) is 2.77. The molecule has 0 spiro atoms. The van der Waals surface area contributed by atoms with E-state index in [0.717, 1.165) is 42.6 Å². The number of nitrogens with zero attached hydrogens (tertiary/aromatic N) is 4. The molecule has 3 heterocycles. The summed E-state index contributed by atoms with van der Waals surface area (Å²) in [6.45, 7) is 5.34. The summed E-state index contributed by atoms with van der Waals surface area (Å²) in [5.41, 5.74) is 1.84. The van der Waals surface area contributed by atoms with Crippen LogP contribution in [-0.4, -0.2) is 39.5 Å².